The molecule has 6 nitrogen and oxygen atoms in total. The predicted octanol–water partition coefficient (Wildman–Crippen LogP) is 3.10. The van der Waals surface area contributed by atoms with E-state index in [9.17, 15) is 0 Å². The van der Waals surface area contributed by atoms with E-state index in [4.69, 9.17) is 14.9 Å². The summed E-state index contributed by atoms with van der Waals surface area (Å²) in [4.78, 5) is 6.78. The third-order valence-electron chi connectivity index (χ3n) is 3.93. The van der Waals surface area contributed by atoms with Crippen molar-refractivity contribution in [3.05, 3.63) is 48.4 Å². The molecule has 2 rings (SSSR count). The molecule has 3 N–H and O–H groups in total. The van der Waals surface area contributed by atoms with Gasteiger partial charge in [-0.05, 0) is 37.4 Å². The normalized spacial score (nSPS) is 13.1. The molecule has 1 aromatic heterocycles. The number of nitrogens with one attached hydrogen (secondary N) is 1. The van der Waals surface area contributed by atoms with E-state index in [0.29, 0.717) is 12.5 Å². The first-order valence-electron chi connectivity index (χ1n) is 8.17. The summed E-state index contributed by atoms with van der Waals surface area (Å²) < 4.78 is 10.9. The van der Waals surface area contributed by atoms with Gasteiger partial charge in [0.1, 0.15) is 11.5 Å². The number of ether oxygens (including phenoxy) is 1. The molecule has 2 aromatic rings. The summed E-state index contributed by atoms with van der Waals surface area (Å²) >= 11 is 0. The molecule has 1 heterocycles. The van der Waals surface area contributed by atoms with Crippen LogP contribution in [-0.2, 0) is 0 Å². The molecule has 0 saturated carbocycles. The largest absolute Gasteiger partial charge is 0.495 e. The van der Waals surface area contributed by atoms with Crippen molar-refractivity contribution in [1.82, 2.24) is 4.90 Å². The van der Waals surface area contributed by atoms with Crippen LogP contribution < -0.4 is 15.8 Å². The summed E-state index contributed by atoms with van der Waals surface area (Å²) in [7, 11) is 1.63. The van der Waals surface area contributed by atoms with Gasteiger partial charge in [0.25, 0.3) is 0 Å². The van der Waals surface area contributed by atoms with Crippen molar-refractivity contribution in [3.8, 4) is 5.75 Å². The van der Waals surface area contributed by atoms with Crippen LogP contribution in [0, 0.1) is 0 Å². The molecule has 0 bridgehead atoms. The van der Waals surface area contributed by atoms with Gasteiger partial charge in [0, 0.05) is 0 Å². The minimum absolute atomic E-state index is 0.0630. The van der Waals surface area contributed by atoms with Gasteiger partial charge in [-0.2, -0.15) is 0 Å². The monoisotopic (exact) mass is 330 g/mol. The van der Waals surface area contributed by atoms with Gasteiger partial charge in [-0.25, -0.2) is 0 Å². The smallest absolute Gasteiger partial charge is 0.193 e. The Balaban J connectivity index is 2.10. The van der Waals surface area contributed by atoms with Gasteiger partial charge in [-0.3, -0.25) is 9.89 Å². The summed E-state index contributed by atoms with van der Waals surface area (Å²) in [5.41, 5.74) is 6.84. The SMILES string of the molecule is CCN(CC)C(CN=C(N)Nc1ccccc1OC)c1ccco1. The molecule has 0 amide bonds. The van der Waals surface area contributed by atoms with Crippen molar-refractivity contribution in [2.75, 3.05) is 32.1 Å². The maximum atomic E-state index is 6.05. The second-order valence-electron chi connectivity index (χ2n) is 5.30. The van der Waals surface area contributed by atoms with E-state index < -0.39 is 0 Å². The molecule has 0 aliphatic carbocycles. The Kier molecular flexibility index (Phi) is 6.69. The quantitative estimate of drug-likeness (QED) is 0.574. The van der Waals surface area contributed by atoms with Gasteiger partial charge < -0.3 is 20.2 Å². The van der Waals surface area contributed by atoms with E-state index >= 15 is 0 Å². The topological polar surface area (TPSA) is 76.0 Å². The fourth-order valence-corrected chi connectivity index (χ4v) is 2.64. The van der Waals surface area contributed by atoms with Crippen LogP contribution >= 0.6 is 0 Å². The van der Waals surface area contributed by atoms with E-state index in [2.05, 4.69) is 29.1 Å². The number of nitrogens with zero attached hydrogens (tertiary/aromatic N) is 2. The Morgan fingerprint density at radius 1 is 1.25 bits per heavy atom. The van der Waals surface area contributed by atoms with Crippen LogP contribution in [0.3, 0.4) is 0 Å². The van der Waals surface area contributed by atoms with Crippen LogP contribution in [0.25, 0.3) is 0 Å². The lowest BCUT2D eigenvalue weighted by atomic mass is 10.2. The van der Waals surface area contributed by atoms with Gasteiger partial charge in [-0.15, -0.1) is 0 Å². The summed E-state index contributed by atoms with van der Waals surface area (Å²) in [5, 5.41) is 3.09. The van der Waals surface area contributed by atoms with Crippen molar-refractivity contribution < 1.29 is 9.15 Å². The number of hydrogen-bond acceptors (Lipinski definition) is 4. The highest BCUT2D eigenvalue weighted by molar-refractivity contribution is 5.93. The standard InChI is InChI=1S/C18H26N4O2/c1-4-22(5-2)15(17-11-8-12-24-17)13-20-18(19)21-14-9-6-7-10-16(14)23-3/h6-12,15H,4-5,13H2,1-3H3,(H3,19,20,21). The summed E-state index contributed by atoms with van der Waals surface area (Å²) in [6, 6.07) is 11.5. The second-order valence-corrected chi connectivity index (χ2v) is 5.30. The number of hydrogen-bond donors (Lipinski definition) is 2. The van der Waals surface area contributed by atoms with Gasteiger partial charge in [0.15, 0.2) is 5.96 Å². The number of guanidine groups is 1. The highest BCUT2D eigenvalue weighted by Crippen LogP contribution is 2.23. The Morgan fingerprint density at radius 2 is 2.00 bits per heavy atom. The van der Waals surface area contributed by atoms with E-state index in [1.807, 2.05) is 36.4 Å². The van der Waals surface area contributed by atoms with Gasteiger partial charge >= 0.3 is 0 Å². The molecule has 0 radical (unpaired) electrons. The number of methoxy groups -OCH3 is 1. The first-order valence-corrected chi connectivity index (χ1v) is 8.17. The average Bonchev–Trinajstić information content (AvgIpc) is 3.13. The Hall–Kier alpha value is -2.47. The Morgan fingerprint density at radius 3 is 2.62 bits per heavy atom. The van der Waals surface area contributed by atoms with Crippen LogP contribution in [0.4, 0.5) is 5.69 Å². The summed E-state index contributed by atoms with van der Waals surface area (Å²) in [6.45, 7) is 6.59. The van der Waals surface area contributed by atoms with Crippen molar-refractivity contribution in [3.63, 3.8) is 0 Å². The molecule has 130 valence electrons. The van der Waals surface area contributed by atoms with E-state index in [-0.39, 0.29) is 6.04 Å². The first-order chi connectivity index (χ1) is 11.7. The van der Waals surface area contributed by atoms with E-state index in [1.165, 1.54) is 0 Å². The molecule has 1 aromatic carbocycles. The summed E-state index contributed by atoms with van der Waals surface area (Å²) in [6.07, 6.45) is 1.69. The average molecular weight is 330 g/mol. The van der Waals surface area contributed by atoms with E-state index in [0.717, 1.165) is 30.3 Å². The third kappa shape index (κ3) is 4.52. The fraction of sp³-hybridized carbons (Fsp3) is 0.389. The van der Waals surface area contributed by atoms with Crippen LogP contribution in [0.15, 0.2) is 52.1 Å². The number of para-hydroxylation sites is 2. The Bertz CT molecular complexity index is 636. The molecule has 0 saturated heterocycles. The highest BCUT2D eigenvalue weighted by atomic mass is 16.5. The molecule has 0 spiro atoms. The van der Waals surface area contributed by atoms with Gasteiger partial charge in [0.2, 0.25) is 0 Å². The number of furan rings is 1. The van der Waals surface area contributed by atoms with Crippen LogP contribution in [0.1, 0.15) is 25.6 Å². The fourth-order valence-electron chi connectivity index (χ4n) is 2.64. The maximum Gasteiger partial charge on any atom is 0.193 e. The zero-order chi connectivity index (χ0) is 17.4. The lowest BCUT2D eigenvalue weighted by Gasteiger charge is -2.26. The molecule has 0 fully saturated rings. The number of anilines is 1. The van der Waals surface area contributed by atoms with E-state index in [1.54, 1.807) is 13.4 Å². The van der Waals surface area contributed by atoms with Crippen molar-refractivity contribution >= 4 is 11.6 Å². The molecular formula is C18H26N4O2. The number of nitrogens with two attached hydrogens (primary N) is 1. The van der Waals surface area contributed by atoms with Crippen LogP contribution in [-0.4, -0.2) is 37.6 Å². The van der Waals surface area contributed by atoms with Gasteiger partial charge in [-0.1, -0.05) is 26.0 Å². The predicted molar refractivity (Wildman–Crippen MR) is 97.5 cm³/mol. The number of benzene rings is 1. The molecule has 6 heteroatoms. The van der Waals surface area contributed by atoms with Crippen molar-refractivity contribution in [2.24, 2.45) is 10.7 Å². The third-order valence-corrected chi connectivity index (χ3v) is 3.93. The minimum atomic E-state index is 0.0630. The van der Waals surface area contributed by atoms with Crippen molar-refractivity contribution in [1.29, 1.82) is 0 Å². The second kappa shape index (κ2) is 8.98. The van der Waals surface area contributed by atoms with Crippen LogP contribution in [0.5, 0.6) is 5.75 Å². The molecule has 1 unspecified atom stereocenters. The minimum Gasteiger partial charge on any atom is -0.495 e. The molecule has 24 heavy (non-hydrogen) atoms. The lowest BCUT2D eigenvalue weighted by Crippen LogP contribution is -2.31. The molecule has 0 aliphatic heterocycles. The molecular weight excluding hydrogens is 304 g/mol. The summed E-state index contributed by atoms with van der Waals surface area (Å²) in [5.74, 6) is 1.97. The number of likely N-dealkylation sites (N-methyl/N-ethyl adjacent to an activating group) is 1. The zero-order valence-electron chi connectivity index (χ0n) is 14.5. The first kappa shape index (κ1) is 17.9. The van der Waals surface area contributed by atoms with Gasteiger partial charge in [0.05, 0.1) is 31.6 Å². The highest BCUT2D eigenvalue weighted by Gasteiger charge is 2.20. The molecule has 0 aliphatic rings. The Labute approximate surface area is 143 Å². The van der Waals surface area contributed by atoms with Crippen molar-refractivity contribution in [2.45, 2.75) is 19.9 Å². The number of aliphatic imine (C=N–C) groups is 1. The van der Waals surface area contributed by atoms with Crippen LogP contribution in [0.2, 0.25) is 0 Å². The molecule has 1 atom stereocenters. The number of rotatable bonds is 8. The maximum absolute atomic E-state index is 6.05. The zero-order valence-corrected chi connectivity index (χ0v) is 14.5. The lowest BCUT2D eigenvalue weighted by molar-refractivity contribution is 0.198.